The van der Waals surface area contributed by atoms with Gasteiger partial charge in [0, 0.05) is 18.7 Å². The number of carbonyl (C=O) groups excluding carboxylic acids is 1. The van der Waals surface area contributed by atoms with Crippen LogP contribution in [0.1, 0.15) is 55.6 Å². The van der Waals surface area contributed by atoms with Gasteiger partial charge in [0.15, 0.2) is 5.78 Å². The molecule has 0 radical (unpaired) electrons. The van der Waals surface area contributed by atoms with E-state index >= 15 is 0 Å². The molecular formula is C16H20N2O3. The van der Waals surface area contributed by atoms with Gasteiger partial charge in [-0.1, -0.05) is 0 Å². The van der Waals surface area contributed by atoms with E-state index in [1.165, 1.54) is 0 Å². The summed E-state index contributed by atoms with van der Waals surface area (Å²) in [6.07, 6.45) is 5.65. The zero-order valence-electron chi connectivity index (χ0n) is 12.6. The van der Waals surface area contributed by atoms with E-state index in [2.05, 4.69) is 4.98 Å². The normalized spacial score (nSPS) is 15.4. The van der Waals surface area contributed by atoms with Gasteiger partial charge in [-0.25, -0.2) is 4.98 Å². The van der Waals surface area contributed by atoms with Crippen LogP contribution in [-0.2, 0) is 0 Å². The van der Waals surface area contributed by atoms with Crippen molar-refractivity contribution in [2.45, 2.75) is 45.1 Å². The Hall–Kier alpha value is -1.88. The molecule has 21 heavy (non-hydrogen) atoms. The minimum Gasteiger partial charge on any atom is -0.490 e. The SMILES string of the molecule is CC(=O)c1cnc2c(C3CC3)c(OCC(C)(C)O)ccn12. The quantitative estimate of drug-likeness (QED) is 0.859. The fourth-order valence-corrected chi connectivity index (χ4v) is 2.45. The maximum atomic E-state index is 11.6. The molecule has 112 valence electrons. The van der Waals surface area contributed by atoms with Gasteiger partial charge >= 0.3 is 0 Å². The Balaban J connectivity index is 2.05. The van der Waals surface area contributed by atoms with Crippen molar-refractivity contribution in [3.63, 3.8) is 0 Å². The largest absolute Gasteiger partial charge is 0.490 e. The lowest BCUT2D eigenvalue weighted by Gasteiger charge is -2.20. The molecule has 1 fully saturated rings. The molecular weight excluding hydrogens is 268 g/mol. The number of hydrogen-bond acceptors (Lipinski definition) is 4. The van der Waals surface area contributed by atoms with Crippen LogP contribution in [-0.4, -0.2) is 32.5 Å². The summed E-state index contributed by atoms with van der Waals surface area (Å²) >= 11 is 0. The van der Waals surface area contributed by atoms with Crippen molar-refractivity contribution in [1.82, 2.24) is 9.38 Å². The highest BCUT2D eigenvalue weighted by atomic mass is 16.5. The third kappa shape index (κ3) is 2.78. The van der Waals surface area contributed by atoms with Gasteiger partial charge in [0.25, 0.3) is 0 Å². The molecule has 2 heterocycles. The molecule has 0 unspecified atom stereocenters. The Morgan fingerprint density at radius 3 is 2.81 bits per heavy atom. The van der Waals surface area contributed by atoms with E-state index < -0.39 is 5.60 Å². The maximum Gasteiger partial charge on any atom is 0.178 e. The third-order valence-electron chi connectivity index (χ3n) is 3.61. The fourth-order valence-electron chi connectivity index (χ4n) is 2.45. The number of nitrogens with zero attached hydrogens (tertiary/aromatic N) is 2. The smallest absolute Gasteiger partial charge is 0.178 e. The van der Waals surface area contributed by atoms with E-state index in [1.54, 1.807) is 27.0 Å². The predicted octanol–water partition coefficient (Wildman–Crippen LogP) is 2.56. The van der Waals surface area contributed by atoms with Crippen LogP contribution in [0.15, 0.2) is 18.5 Å². The number of carbonyl (C=O) groups is 1. The van der Waals surface area contributed by atoms with Gasteiger partial charge in [0.05, 0.1) is 11.8 Å². The standard InChI is InChI=1S/C16H20N2O3/c1-10(19)12-8-17-15-14(11-4-5-11)13(6-7-18(12)15)21-9-16(2,3)20/h6-8,11,20H,4-5,9H2,1-3H3. The second kappa shape index (κ2) is 4.84. The lowest BCUT2D eigenvalue weighted by molar-refractivity contribution is 0.0281. The van der Waals surface area contributed by atoms with Gasteiger partial charge < -0.3 is 9.84 Å². The molecule has 2 aromatic rings. The zero-order chi connectivity index (χ0) is 15.2. The van der Waals surface area contributed by atoms with Crippen LogP contribution < -0.4 is 4.74 Å². The molecule has 0 aromatic carbocycles. The molecule has 0 bridgehead atoms. The topological polar surface area (TPSA) is 63.8 Å². The van der Waals surface area contributed by atoms with Crippen molar-refractivity contribution in [1.29, 1.82) is 0 Å². The van der Waals surface area contributed by atoms with Crippen LogP contribution >= 0.6 is 0 Å². The lowest BCUT2D eigenvalue weighted by Crippen LogP contribution is -2.28. The van der Waals surface area contributed by atoms with E-state index in [0.29, 0.717) is 11.6 Å². The van der Waals surface area contributed by atoms with Crippen molar-refractivity contribution in [3.8, 4) is 5.75 Å². The number of ether oxygens (including phenoxy) is 1. The van der Waals surface area contributed by atoms with Crippen molar-refractivity contribution < 1.29 is 14.6 Å². The number of ketones is 1. The molecule has 2 aromatic heterocycles. The van der Waals surface area contributed by atoms with Crippen LogP contribution in [0.5, 0.6) is 5.75 Å². The van der Waals surface area contributed by atoms with E-state index in [1.807, 2.05) is 16.7 Å². The number of pyridine rings is 1. The third-order valence-corrected chi connectivity index (χ3v) is 3.61. The summed E-state index contributed by atoms with van der Waals surface area (Å²) in [5, 5.41) is 9.82. The van der Waals surface area contributed by atoms with E-state index in [0.717, 1.165) is 29.8 Å². The summed E-state index contributed by atoms with van der Waals surface area (Å²) in [6, 6.07) is 1.86. The molecule has 3 rings (SSSR count). The van der Waals surface area contributed by atoms with Crippen molar-refractivity contribution in [2.75, 3.05) is 6.61 Å². The van der Waals surface area contributed by atoms with Crippen LogP contribution in [0.4, 0.5) is 0 Å². The van der Waals surface area contributed by atoms with Crippen molar-refractivity contribution in [2.24, 2.45) is 0 Å². The summed E-state index contributed by atoms with van der Waals surface area (Å²) in [4.78, 5) is 16.0. The number of fused-ring (bicyclic) bond motifs is 1. The number of Topliss-reactive ketones (excluding diaryl/α,β-unsaturated/α-hetero) is 1. The van der Waals surface area contributed by atoms with Gasteiger partial charge in [0.2, 0.25) is 0 Å². The number of aromatic nitrogens is 2. The number of imidazole rings is 1. The fraction of sp³-hybridized carbons (Fsp3) is 0.500. The molecule has 1 aliphatic carbocycles. The van der Waals surface area contributed by atoms with E-state index in [4.69, 9.17) is 4.74 Å². The van der Waals surface area contributed by atoms with Crippen molar-refractivity contribution in [3.05, 3.63) is 29.7 Å². The molecule has 1 saturated carbocycles. The van der Waals surface area contributed by atoms with Crippen molar-refractivity contribution >= 4 is 11.4 Å². The molecule has 1 N–H and O–H groups in total. The van der Waals surface area contributed by atoms with Gasteiger partial charge in [-0.3, -0.25) is 9.20 Å². The van der Waals surface area contributed by atoms with Gasteiger partial charge in [-0.05, 0) is 38.7 Å². The summed E-state index contributed by atoms with van der Waals surface area (Å²) in [6.45, 7) is 5.19. The maximum absolute atomic E-state index is 11.6. The average molecular weight is 288 g/mol. The van der Waals surface area contributed by atoms with Gasteiger partial charge in [0.1, 0.15) is 23.7 Å². The Kier molecular flexibility index (Phi) is 3.24. The number of rotatable bonds is 5. The number of hydrogen-bond donors (Lipinski definition) is 1. The molecule has 0 amide bonds. The zero-order valence-corrected chi connectivity index (χ0v) is 12.6. The first-order valence-electron chi connectivity index (χ1n) is 7.23. The highest BCUT2D eigenvalue weighted by Crippen LogP contribution is 2.46. The first-order valence-corrected chi connectivity index (χ1v) is 7.23. The molecule has 0 atom stereocenters. The minimum absolute atomic E-state index is 0.00518. The Bertz CT molecular complexity index is 693. The summed E-state index contributed by atoms with van der Waals surface area (Å²) in [7, 11) is 0. The molecule has 1 aliphatic rings. The summed E-state index contributed by atoms with van der Waals surface area (Å²) < 4.78 is 7.62. The van der Waals surface area contributed by atoms with E-state index in [-0.39, 0.29) is 12.4 Å². The second-order valence-electron chi connectivity index (χ2n) is 6.36. The summed E-state index contributed by atoms with van der Waals surface area (Å²) in [5.41, 5.74) is 1.54. The Labute approximate surface area is 123 Å². The molecule has 0 aliphatic heterocycles. The highest BCUT2D eigenvalue weighted by molar-refractivity contribution is 5.93. The summed E-state index contributed by atoms with van der Waals surface area (Å²) in [5.74, 6) is 1.19. The Morgan fingerprint density at radius 2 is 2.24 bits per heavy atom. The monoisotopic (exact) mass is 288 g/mol. The highest BCUT2D eigenvalue weighted by Gasteiger charge is 2.31. The van der Waals surface area contributed by atoms with E-state index in [9.17, 15) is 9.90 Å². The first-order chi connectivity index (χ1) is 9.87. The van der Waals surface area contributed by atoms with Gasteiger partial charge in [-0.15, -0.1) is 0 Å². The Morgan fingerprint density at radius 1 is 1.52 bits per heavy atom. The predicted molar refractivity (Wildman–Crippen MR) is 79.0 cm³/mol. The van der Waals surface area contributed by atoms with Crippen LogP contribution in [0.2, 0.25) is 0 Å². The van der Waals surface area contributed by atoms with Crippen LogP contribution in [0.3, 0.4) is 0 Å². The first kappa shape index (κ1) is 14.1. The lowest BCUT2D eigenvalue weighted by atomic mass is 10.1. The van der Waals surface area contributed by atoms with Gasteiger partial charge in [-0.2, -0.15) is 0 Å². The average Bonchev–Trinajstić information content (AvgIpc) is 3.12. The number of aliphatic hydroxyl groups is 1. The minimum atomic E-state index is -0.882. The molecule has 0 saturated heterocycles. The van der Waals surface area contributed by atoms with Crippen LogP contribution in [0.25, 0.3) is 5.65 Å². The van der Waals surface area contributed by atoms with Crippen LogP contribution in [0, 0.1) is 0 Å². The molecule has 0 spiro atoms. The molecule has 5 nitrogen and oxygen atoms in total. The second-order valence-corrected chi connectivity index (χ2v) is 6.36. The molecule has 5 heteroatoms.